The van der Waals surface area contributed by atoms with Crippen LogP contribution in [0.15, 0.2) is 0 Å². The largest absolute Gasteiger partial charge is 0.331 e. The van der Waals surface area contributed by atoms with Crippen LogP contribution < -0.4 is 5.43 Å². The highest BCUT2D eigenvalue weighted by atomic mass is 16.2. The molecule has 2 aliphatic heterocycles. The molecule has 0 saturated carbocycles. The zero-order chi connectivity index (χ0) is 12.3. The van der Waals surface area contributed by atoms with Gasteiger partial charge in [-0.3, -0.25) is 5.43 Å². The number of rotatable bonds is 1. The predicted octanol–water partition coefficient (Wildman–Crippen LogP) is 0.590. The van der Waals surface area contributed by atoms with E-state index in [1.165, 1.54) is 0 Å². The first-order valence-electron chi connectivity index (χ1n) is 6.64. The van der Waals surface area contributed by atoms with E-state index in [1.54, 1.807) is 0 Å². The van der Waals surface area contributed by atoms with Crippen LogP contribution in [0.2, 0.25) is 0 Å². The van der Waals surface area contributed by atoms with Gasteiger partial charge in [0.25, 0.3) is 0 Å². The van der Waals surface area contributed by atoms with Crippen molar-refractivity contribution in [3.8, 4) is 0 Å². The summed E-state index contributed by atoms with van der Waals surface area (Å²) in [4.78, 5) is 16.2. The van der Waals surface area contributed by atoms with E-state index in [0.29, 0.717) is 0 Å². The van der Waals surface area contributed by atoms with Gasteiger partial charge in [0.1, 0.15) is 0 Å². The van der Waals surface area contributed by atoms with E-state index in [1.807, 2.05) is 9.91 Å². The second kappa shape index (κ2) is 5.69. The second-order valence-corrected chi connectivity index (χ2v) is 5.38. The summed E-state index contributed by atoms with van der Waals surface area (Å²) in [7, 11) is 2.12. The van der Waals surface area contributed by atoms with Gasteiger partial charge in [0.15, 0.2) is 0 Å². The number of carbonyl (C=O) groups excluding carboxylic acids is 1. The first-order chi connectivity index (χ1) is 8.15. The minimum absolute atomic E-state index is 0.0847. The molecule has 2 saturated heterocycles. The van der Waals surface area contributed by atoms with Crippen molar-refractivity contribution in [3.63, 3.8) is 0 Å². The second-order valence-electron chi connectivity index (χ2n) is 5.38. The van der Waals surface area contributed by atoms with Crippen molar-refractivity contribution in [2.45, 2.75) is 19.8 Å². The van der Waals surface area contributed by atoms with Crippen molar-refractivity contribution in [2.24, 2.45) is 5.92 Å². The first-order valence-corrected chi connectivity index (χ1v) is 6.64. The summed E-state index contributed by atoms with van der Waals surface area (Å²) in [5.74, 6) is 0.766. The molecule has 2 amide bonds. The van der Waals surface area contributed by atoms with Gasteiger partial charge < -0.3 is 9.80 Å². The fraction of sp³-hybridized carbons (Fsp3) is 0.917. The number of nitrogens with one attached hydrogen (secondary N) is 1. The normalized spacial score (nSPS) is 24.9. The van der Waals surface area contributed by atoms with Crippen LogP contribution in [0.5, 0.6) is 0 Å². The van der Waals surface area contributed by atoms with Gasteiger partial charge in [-0.1, -0.05) is 6.92 Å². The van der Waals surface area contributed by atoms with Gasteiger partial charge in [0, 0.05) is 39.3 Å². The van der Waals surface area contributed by atoms with E-state index in [-0.39, 0.29) is 6.03 Å². The molecule has 1 N–H and O–H groups in total. The van der Waals surface area contributed by atoms with E-state index in [4.69, 9.17) is 0 Å². The van der Waals surface area contributed by atoms with Gasteiger partial charge in [-0.05, 0) is 25.8 Å². The molecule has 2 aliphatic rings. The summed E-state index contributed by atoms with van der Waals surface area (Å²) in [6.45, 7) is 7.96. The van der Waals surface area contributed by atoms with Crippen LogP contribution in [-0.2, 0) is 0 Å². The van der Waals surface area contributed by atoms with Crippen LogP contribution in [0.25, 0.3) is 0 Å². The Balaban J connectivity index is 1.73. The lowest BCUT2D eigenvalue weighted by atomic mass is 10.00. The van der Waals surface area contributed by atoms with Crippen LogP contribution in [0.4, 0.5) is 4.79 Å². The summed E-state index contributed by atoms with van der Waals surface area (Å²) < 4.78 is 0. The average molecular weight is 240 g/mol. The van der Waals surface area contributed by atoms with Gasteiger partial charge in [-0.2, -0.15) is 0 Å². The maximum absolute atomic E-state index is 12.0. The molecule has 17 heavy (non-hydrogen) atoms. The van der Waals surface area contributed by atoms with E-state index in [2.05, 4.69) is 24.3 Å². The highest BCUT2D eigenvalue weighted by molar-refractivity contribution is 5.73. The monoisotopic (exact) mass is 240 g/mol. The molecule has 5 heteroatoms. The van der Waals surface area contributed by atoms with Crippen LogP contribution in [-0.4, -0.2) is 67.2 Å². The number of piperidine rings is 1. The summed E-state index contributed by atoms with van der Waals surface area (Å²) >= 11 is 0. The minimum atomic E-state index is 0.0847. The third-order valence-corrected chi connectivity index (χ3v) is 3.83. The van der Waals surface area contributed by atoms with Crippen molar-refractivity contribution < 1.29 is 4.79 Å². The third-order valence-electron chi connectivity index (χ3n) is 3.83. The van der Waals surface area contributed by atoms with Crippen molar-refractivity contribution in [2.75, 3.05) is 46.3 Å². The maximum Gasteiger partial charge on any atom is 0.331 e. The van der Waals surface area contributed by atoms with E-state index < -0.39 is 0 Å². The van der Waals surface area contributed by atoms with Gasteiger partial charge in [0.2, 0.25) is 0 Å². The molecule has 5 nitrogen and oxygen atoms in total. The van der Waals surface area contributed by atoms with E-state index in [0.717, 1.165) is 58.0 Å². The molecule has 0 aliphatic carbocycles. The van der Waals surface area contributed by atoms with E-state index in [9.17, 15) is 4.79 Å². The maximum atomic E-state index is 12.0. The number of hydrogen-bond donors (Lipinski definition) is 1. The van der Waals surface area contributed by atoms with Gasteiger partial charge >= 0.3 is 6.03 Å². The zero-order valence-electron chi connectivity index (χ0n) is 11.0. The first kappa shape index (κ1) is 12.6. The average Bonchev–Trinajstić information content (AvgIpc) is 2.33. The Bertz CT molecular complexity index is 255. The zero-order valence-corrected chi connectivity index (χ0v) is 11.0. The fourth-order valence-electron chi connectivity index (χ4n) is 2.34. The van der Waals surface area contributed by atoms with Crippen LogP contribution >= 0.6 is 0 Å². The summed E-state index contributed by atoms with van der Waals surface area (Å²) in [6, 6.07) is 0.0847. The molecule has 2 rings (SSSR count). The topological polar surface area (TPSA) is 38.8 Å². The molecule has 2 heterocycles. The third kappa shape index (κ3) is 3.57. The number of piperazine rings is 1. The Morgan fingerprint density at radius 2 is 1.65 bits per heavy atom. The Hall–Kier alpha value is -0.810. The Morgan fingerprint density at radius 3 is 2.24 bits per heavy atom. The molecule has 0 radical (unpaired) electrons. The van der Waals surface area contributed by atoms with Crippen molar-refractivity contribution >= 4 is 6.03 Å². The number of hydrogen-bond acceptors (Lipinski definition) is 3. The molecule has 98 valence electrons. The molecule has 2 fully saturated rings. The number of likely N-dealkylation sites (N-methyl/N-ethyl adjacent to an activating group) is 1. The molecule has 0 spiro atoms. The number of amides is 2. The number of carbonyl (C=O) groups is 1. The number of nitrogens with zero attached hydrogens (tertiary/aromatic N) is 3. The fourth-order valence-corrected chi connectivity index (χ4v) is 2.34. The molecule has 0 unspecified atom stereocenters. The molecule has 0 bridgehead atoms. The molecular formula is C12H24N4O. The Kier molecular flexibility index (Phi) is 4.23. The molecule has 0 aromatic rings. The highest BCUT2D eigenvalue weighted by Crippen LogP contribution is 2.15. The van der Waals surface area contributed by atoms with Crippen molar-refractivity contribution in [1.29, 1.82) is 0 Å². The molecular weight excluding hydrogens is 216 g/mol. The van der Waals surface area contributed by atoms with Crippen LogP contribution in [0.3, 0.4) is 0 Å². The van der Waals surface area contributed by atoms with Crippen LogP contribution in [0.1, 0.15) is 19.8 Å². The Morgan fingerprint density at radius 1 is 1.06 bits per heavy atom. The predicted molar refractivity (Wildman–Crippen MR) is 67.6 cm³/mol. The van der Waals surface area contributed by atoms with Crippen molar-refractivity contribution in [1.82, 2.24) is 20.2 Å². The lowest BCUT2D eigenvalue weighted by Gasteiger charge is -2.36. The van der Waals surface area contributed by atoms with Gasteiger partial charge in [0.05, 0.1) is 0 Å². The van der Waals surface area contributed by atoms with E-state index >= 15 is 0 Å². The quantitative estimate of drug-likeness (QED) is 0.729. The van der Waals surface area contributed by atoms with Gasteiger partial charge in [-0.25, -0.2) is 9.80 Å². The minimum Gasteiger partial charge on any atom is -0.324 e. The summed E-state index contributed by atoms with van der Waals surface area (Å²) in [6.07, 6.45) is 2.27. The van der Waals surface area contributed by atoms with Crippen molar-refractivity contribution in [3.05, 3.63) is 0 Å². The number of urea groups is 1. The molecule has 0 aromatic carbocycles. The number of likely N-dealkylation sites (tertiary alicyclic amines) is 1. The lowest BCUT2D eigenvalue weighted by molar-refractivity contribution is 0.0936. The Labute approximate surface area is 104 Å². The standard InChI is InChI=1S/C12H24N4O/c1-11-3-5-15(6-4-11)12(17)13-16-9-7-14(2)8-10-16/h11H,3-10H2,1-2H3,(H,13,17). The molecule has 0 aromatic heterocycles. The SMILES string of the molecule is CC1CCN(C(=O)NN2CCN(C)CC2)CC1. The summed E-state index contributed by atoms with van der Waals surface area (Å²) in [5, 5.41) is 2.04. The summed E-state index contributed by atoms with van der Waals surface area (Å²) in [5.41, 5.74) is 3.02. The highest BCUT2D eigenvalue weighted by Gasteiger charge is 2.22. The molecule has 0 atom stereocenters. The number of hydrazine groups is 1. The smallest absolute Gasteiger partial charge is 0.324 e. The van der Waals surface area contributed by atoms with Crippen LogP contribution in [0, 0.1) is 5.92 Å². The van der Waals surface area contributed by atoms with Gasteiger partial charge in [-0.15, -0.1) is 0 Å². The lowest BCUT2D eigenvalue weighted by Crippen LogP contribution is -2.56.